The minimum Gasteiger partial charge on any atom is -0.488 e. The minimum absolute atomic E-state index is 0.00399. The van der Waals surface area contributed by atoms with Gasteiger partial charge in [-0.3, -0.25) is 0 Å². The first-order valence-corrected chi connectivity index (χ1v) is 15.4. The summed E-state index contributed by atoms with van der Waals surface area (Å²) in [7, 11) is 0. The molecule has 46 heavy (non-hydrogen) atoms. The zero-order chi connectivity index (χ0) is 32.2. The molecule has 2 aromatic carbocycles. The lowest BCUT2D eigenvalue weighted by Crippen LogP contribution is -2.50. The molecule has 1 aliphatic carbocycles. The zero-order valence-electron chi connectivity index (χ0n) is 24.4. The number of nitrogens with one attached hydrogen (secondary N) is 1. The molecule has 0 spiro atoms. The summed E-state index contributed by atoms with van der Waals surface area (Å²) in [4.78, 5) is 18.0. The minimum atomic E-state index is -4.86. The first kappa shape index (κ1) is 30.4. The number of piperidine rings is 1. The maximum Gasteiger partial charge on any atom is 0.573 e. The van der Waals surface area contributed by atoms with Crippen molar-refractivity contribution >= 4 is 23.4 Å². The molecular formula is C33H30ClF3N3O6+. The number of hydrogen-bond donors (Lipinski definition) is 2. The van der Waals surface area contributed by atoms with Crippen LogP contribution in [0.3, 0.4) is 0 Å². The van der Waals surface area contributed by atoms with E-state index in [0.29, 0.717) is 52.0 Å². The van der Waals surface area contributed by atoms with E-state index in [0.717, 1.165) is 25.7 Å². The van der Waals surface area contributed by atoms with Crippen molar-refractivity contribution in [3.05, 3.63) is 88.3 Å². The number of aromatic nitrogens is 2. The fourth-order valence-corrected chi connectivity index (χ4v) is 7.25. The number of para-hydroxylation sites is 1. The summed E-state index contributed by atoms with van der Waals surface area (Å²) in [5.74, 6) is 0.382. The van der Waals surface area contributed by atoms with Crippen molar-refractivity contribution in [3.63, 3.8) is 0 Å². The van der Waals surface area contributed by atoms with Crippen molar-refractivity contribution in [2.24, 2.45) is 0 Å². The number of anilines is 1. The van der Waals surface area contributed by atoms with Crippen LogP contribution >= 0.6 is 11.6 Å². The average molecular weight is 657 g/mol. The number of ether oxygens (including phenoxy) is 2. The predicted octanol–water partition coefficient (Wildman–Crippen LogP) is 6.88. The number of H-pyrrole nitrogens is 1. The zero-order valence-corrected chi connectivity index (χ0v) is 25.1. The molecule has 4 aromatic rings. The van der Waals surface area contributed by atoms with E-state index in [2.05, 4.69) is 19.8 Å². The van der Waals surface area contributed by atoms with Crippen molar-refractivity contribution in [2.45, 2.75) is 75.1 Å². The molecule has 2 saturated heterocycles. The quantitative estimate of drug-likeness (QED) is 0.200. The van der Waals surface area contributed by atoms with Crippen molar-refractivity contribution in [2.75, 3.05) is 4.90 Å². The van der Waals surface area contributed by atoms with Crippen molar-refractivity contribution in [3.8, 4) is 22.8 Å². The molecule has 1 saturated carbocycles. The van der Waals surface area contributed by atoms with Gasteiger partial charge in [0.15, 0.2) is 5.76 Å². The van der Waals surface area contributed by atoms with Gasteiger partial charge in [-0.05, 0) is 67.2 Å². The molecule has 1 unspecified atom stereocenters. The molecule has 3 fully saturated rings. The number of fused-ring (bicyclic) bond motifs is 2. The standard InChI is InChI=1S/C33H29ClF3N3O6/c34-26-14-22(44-17-24-29(39-46-30(24)18-5-6-18)23-3-1-2-4-27(23)45-33(35,36)37)9-10-25(26)32(43)15-20-7-8-21(16-32)40(20)28-13-19(31(41)42)11-12-38-28/h1-4,9-14,18,20-21,43H,5-8,15-17H2,(H,41,42)/p+1/t20-,21+,32?. The van der Waals surface area contributed by atoms with Crippen LogP contribution in [0.15, 0.2) is 65.3 Å². The Labute approximate surface area is 266 Å². The number of hydrogen-bond acceptors (Lipinski definition) is 7. The highest BCUT2D eigenvalue weighted by molar-refractivity contribution is 6.31. The lowest BCUT2D eigenvalue weighted by molar-refractivity contribution is -0.601. The number of halogens is 4. The number of pyridine rings is 1. The Morgan fingerprint density at radius 2 is 1.83 bits per heavy atom. The van der Waals surface area contributed by atoms with Gasteiger partial charge in [0.1, 0.15) is 29.5 Å². The van der Waals surface area contributed by atoms with E-state index in [1.54, 1.807) is 30.3 Å². The second-order valence-electron chi connectivity index (χ2n) is 12.1. The number of benzene rings is 2. The van der Waals surface area contributed by atoms with Crippen LogP contribution in [0.2, 0.25) is 5.02 Å². The van der Waals surface area contributed by atoms with Gasteiger partial charge in [0.25, 0.3) is 5.69 Å². The number of aromatic amines is 1. The lowest BCUT2D eigenvalue weighted by atomic mass is 9.80. The third-order valence-electron chi connectivity index (χ3n) is 9.04. The first-order valence-electron chi connectivity index (χ1n) is 15.0. The molecule has 2 aliphatic heterocycles. The predicted molar refractivity (Wildman–Crippen MR) is 159 cm³/mol. The topological polar surface area (TPSA) is 119 Å². The summed E-state index contributed by atoms with van der Waals surface area (Å²) in [5, 5.41) is 24.4. The third-order valence-corrected chi connectivity index (χ3v) is 9.35. The van der Waals surface area contributed by atoms with E-state index in [4.69, 9.17) is 20.9 Å². The lowest BCUT2D eigenvalue weighted by Gasteiger charge is -2.45. The van der Waals surface area contributed by atoms with Crippen LogP contribution in [0, 0.1) is 0 Å². The number of aromatic carboxylic acids is 1. The largest absolute Gasteiger partial charge is 0.573 e. The van der Waals surface area contributed by atoms with E-state index < -0.39 is 17.9 Å². The van der Waals surface area contributed by atoms with Crippen molar-refractivity contribution in [1.29, 1.82) is 0 Å². The Morgan fingerprint density at radius 1 is 1.09 bits per heavy atom. The molecule has 13 heteroatoms. The third kappa shape index (κ3) is 5.87. The summed E-state index contributed by atoms with van der Waals surface area (Å²) < 4.78 is 55.5. The van der Waals surface area contributed by atoms with Crippen LogP contribution in [0.1, 0.15) is 71.7 Å². The Morgan fingerprint density at radius 3 is 2.50 bits per heavy atom. The number of carboxylic acids is 1. The molecule has 2 bridgehead atoms. The van der Waals surface area contributed by atoms with Gasteiger partial charge in [0, 0.05) is 42.6 Å². The molecule has 240 valence electrons. The molecule has 9 nitrogen and oxygen atoms in total. The van der Waals surface area contributed by atoms with Gasteiger partial charge in [0.05, 0.1) is 21.8 Å². The molecule has 2 aromatic heterocycles. The Hall–Kier alpha value is -4.29. The van der Waals surface area contributed by atoms with Crippen LogP contribution in [-0.2, 0) is 12.2 Å². The smallest absolute Gasteiger partial charge is 0.488 e. The molecule has 0 radical (unpaired) electrons. The molecule has 4 heterocycles. The highest BCUT2D eigenvalue weighted by Gasteiger charge is 2.49. The molecular weight excluding hydrogens is 627 g/mol. The highest BCUT2D eigenvalue weighted by atomic mass is 35.5. The molecule has 0 amide bonds. The van der Waals surface area contributed by atoms with E-state index >= 15 is 0 Å². The van der Waals surface area contributed by atoms with Gasteiger partial charge in [-0.15, -0.1) is 13.2 Å². The van der Waals surface area contributed by atoms with Gasteiger partial charge in [0.2, 0.25) is 0 Å². The Kier molecular flexibility index (Phi) is 7.59. The Bertz CT molecular complexity index is 1780. The van der Waals surface area contributed by atoms with Gasteiger partial charge < -0.3 is 24.6 Å². The summed E-state index contributed by atoms with van der Waals surface area (Å²) in [6.07, 6.45) is 0.854. The summed E-state index contributed by atoms with van der Waals surface area (Å²) >= 11 is 6.76. The highest BCUT2D eigenvalue weighted by Crippen LogP contribution is 2.49. The maximum absolute atomic E-state index is 13.1. The van der Waals surface area contributed by atoms with E-state index in [-0.39, 0.29) is 41.5 Å². The van der Waals surface area contributed by atoms with E-state index in [1.807, 2.05) is 0 Å². The van der Waals surface area contributed by atoms with Gasteiger partial charge in [-0.1, -0.05) is 29.8 Å². The van der Waals surface area contributed by atoms with Crippen molar-refractivity contribution in [1.82, 2.24) is 4.98 Å². The molecule has 3 atom stereocenters. The number of carbonyl (C=O) groups is 1. The van der Waals surface area contributed by atoms with Crippen LogP contribution < -0.4 is 19.5 Å². The SMILES string of the molecule is O=C(O)c1ccnc(N2[C@@H]3CC[C@H]2CC(O)(c2ccc(OCc4c(-c5ccccc5OC(F)(F)F)[nH+]oc4C4CC4)cc2Cl)C3)c1. The number of nitrogens with zero attached hydrogens (tertiary/aromatic N) is 2. The maximum atomic E-state index is 13.1. The van der Waals surface area contributed by atoms with Gasteiger partial charge in [-0.25, -0.2) is 14.3 Å². The molecule has 7 rings (SSSR count). The second-order valence-corrected chi connectivity index (χ2v) is 12.5. The second kappa shape index (κ2) is 11.5. The summed E-state index contributed by atoms with van der Waals surface area (Å²) in [6, 6.07) is 13.9. The van der Waals surface area contributed by atoms with Crippen LogP contribution in [0.25, 0.3) is 11.3 Å². The average Bonchev–Trinajstić information content (AvgIpc) is 3.70. The fourth-order valence-electron chi connectivity index (χ4n) is 6.91. The van der Waals surface area contributed by atoms with Crippen LogP contribution in [0.4, 0.5) is 19.0 Å². The van der Waals surface area contributed by atoms with E-state index in [9.17, 15) is 28.2 Å². The van der Waals surface area contributed by atoms with Crippen LogP contribution in [-0.4, -0.2) is 39.6 Å². The van der Waals surface area contributed by atoms with E-state index in [1.165, 1.54) is 30.5 Å². The Balaban J connectivity index is 1.10. The number of aliphatic hydroxyl groups is 1. The normalized spacial score (nSPS) is 22.6. The summed E-state index contributed by atoms with van der Waals surface area (Å²) in [5.41, 5.74) is 0.632. The molecule has 3 N–H and O–H groups in total. The summed E-state index contributed by atoms with van der Waals surface area (Å²) in [6.45, 7) is -0.00399. The number of carboxylic acid groups (broad SMARTS) is 1. The van der Waals surface area contributed by atoms with Crippen molar-refractivity contribution < 1.29 is 47.3 Å². The van der Waals surface area contributed by atoms with Gasteiger partial charge in [-0.2, -0.15) is 0 Å². The first-order chi connectivity index (χ1) is 22.0. The number of alkyl halides is 3. The monoisotopic (exact) mass is 656 g/mol. The number of rotatable bonds is 9. The molecule has 3 aliphatic rings. The fraction of sp³-hybridized carbons (Fsp3) is 0.364. The van der Waals surface area contributed by atoms with Gasteiger partial charge >= 0.3 is 12.3 Å². The van der Waals surface area contributed by atoms with Crippen LogP contribution in [0.5, 0.6) is 11.5 Å².